The van der Waals surface area contributed by atoms with Crippen molar-refractivity contribution in [3.05, 3.63) is 63.0 Å². The van der Waals surface area contributed by atoms with Crippen molar-refractivity contribution in [2.45, 2.75) is 4.21 Å². The molecule has 0 radical (unpaired) electrons. The normalized spacial score (nSPS) is 11.5. The van der Waals surface area contributed by atoms with Crippen LogP contribution >= 0.6 is 22.9 Å². The van der Waals surface area contributed by atoms with Gasteiger partial charge in [-0.1, -0.05) is 11.6 Å². The number of halogens is 2. The zero-order chi connectivity index (χ0) is 18.2. The van der Waals surface area contributed by atoms with Gasteiger partial charge in [-0.25, -0.2) is 17.5 Å². The van der Waals surface area contributed by atoms with Crippen LogP contribution in [0.1, 0.15) is 0 Å². The maximum atomic E-state index is 13.1. The van der Waals surface area contributed by atoms with Gasteiger partial charge in [-0.05, 0) is 30.3 Å². The summed E-state index contributed by atoms with van der Waals surface area (Å²) in [5, 5.41) is 5.66. The lowest BCUT2D eigenvalue weighted by Gasteiger charge is -2.08. The van der Waals surface area contributed by atoms with Gasteiger partial charge in [0.2, 0.25) is 0 Å². The van der Waals surface area contributed by atoms with Crippen molar-refractivity contribution >= 4 is 38.6 Å². The molecule has 25 heavy (non-hydrogen) atoms. The molecule has 0 fully saturated rings. The minimum atomic E-state index is -3.89. The number of nitrogens with zero attached hydrogens (tertiary/aromatic N) is 2. The molecule has 0 aliphatic heterocycles. The third kappa shape index (κ3) is 3.73. The maximum absolute atomic E-state index is 13.1. The van der Waals surface area contributed by atoms with E-state index in [9.17, 15) is 17.6 Å². The molecule has 3 aromatic rings. The molecule has 0 spiro atoms. The van der Waals surface area contributed by atoms with Gasteiger partial charge in [0.25, 0.3) is 15.6 Å². The van der Waals surface area contributed by atoms with E-state index in [0.717, 1.165) is 28.2 Å². The van der Waals surface area contributed by atoms with E-state index in [2.05, 4.69) is 9.82 Å². The first kappa shape index (κ1) is 17.6. The first-order valence-corrected chi connectivity index (χ1v) is 9.61. The largest absolute Gasteiger partial charge is 0.277 e. The molecular formula is C15H11ClFN3O3S2. The van der Waals surface area contributed by atoms with Gasteiger partial charge in [-0.2, -0.15) is 5.10 Å². The quantitative estimate of drug-likeness (QED) is 0.730. The highest BCUT2D eigenvalue weighted by Gasteiger charge is 2.19. The number of hydrogen-bond donors (Lipinski definition) is 1. The molecule has 0 saturated carbocycles. The van der Waals surface area contributed by atoms with E-state index in [1.165, 1.54) is 31.3 Å². The van der Waals surface area contributed by atoms with E-state index in [4.69, 9.17) is 11.6 Å². The molecular weight excluding hydrogens is 389 g/mol. The molecule has 0 unspecified atom stereocenters. The average Bonchev–Trinajstić information content (AvgIpc) is 3.04. The number of thiophene rings is 1. The first-order chi connectivity index (χ1) is 11.8. The summed E-state index contributed by atoms with van der Waals surface area (Å²) < 4.78 is 41.5. The molecule has 10 heteroatoms. The van der Waals surface area contributed by atoms with Crippen LogP contribution in [0.3, 0.4) is 0 Å². The molecule has 0 atom stereocenters. The Labute approximate surface area is 151 Å². The summed E-state index contributed by atoms with van der Waals surface area (Å²) >= 11 is 6.85. The summed E-state index contributed by atoms with van der Waals surface area (Å²) in [5.41, 5.74) is 0.850. The van der Waals surface area contributed by atoms with Gasteiger partial charge >= 0.3 is 0 Å². The van der Waals surface area contributed by atoms with Crippen molar-refractivity contribution in [1.29, 1.82) is 0 Å². The van der Waals surface area contributed by atoms with Crippen LogP contribution in [0, 0.1) is 5.82 Å². The zero-order valence-electron chi connectivity index (χ0n) is 12.7. The number of anilines is 1. The van der Waals surface area contributed by atoms with Crippen LogP contribution in [-0.4, -0.2) is 18.2 Å². The van der Waals surface area contributed by atoms with Gasteiger partial charge in [0.1, 0.15) is 10.0 Å². The molecule has 130 valence electrons. The lowest BCUT2D eigenvalue weighted by Crippen LogP contribution is -2.18. The average molecular weight is 400 g/mol. The molecule has 6 nitrogen and oxygen atoms in total. The lowest BCUT2D eigenvalue weighted by atomic mass is 10.2. The van der Waals surface area contributed by atoms with Crippen LogP contribution in [-0.2, 0) is 17.1 Å². The molecule has 0 amide bonds. The Kier molecular flexibility index (Phi) is 4.63. The molecule has 3 rings (SSSR count). The van der Waals surface area contributed by atoms with Crippen molar-refractivity contribution in [2.24, 2.45) is 7.05 Å². The molecule has 0 aliphatic carbocycles. The summed E-state index contributed by atoms with van der Waals surface area (Å²) in [7, 11) is -2.38. The van der Waals surface area contributed by atoms with Crippen molar-refractivity contribution < 1.29 is 12.8 Å². The Morgan fingerprint density at radius 3 is 2.68 bits per heavy atom. The highest BCUT2D eigenvalue weighted by molar-refractivity contribution is 7.94. The third-order valence-electron chi connectivity index (χ3n) is 3.27. The second-order valence-electron chi connectivity index (χ2n) is 5.06. The minimum Gasteiger partial charge on any atom is -0.277 e. The van der Waals surface area contributed by atoms with E-state index in [1.54, 1.807) is 5.38 Å². The van der Waals surface area contributed by atoms with Gasteiger partial charge in [0.05, 0.1) is 16.4 Å². The van der Waals surface area contributed by atoms with E-state index in [0.29, 0.717) is 11.3 Å². The molecule has 0 aliphatic rings. The Hall–Kier alpha value is -2.23. The lowest BCUT2D eigenvalue weighted by molar-refractivity contribution is 0.603. The predicted molar refractivity (Wildman–Crippen MR) is 95.0 cm³/mol. The van der Waals surface area contributed by atoms with Gasteiger partial charge in [0.15, 0.2) is 0 Å². The van der Waals surface area contributed by atoms with E-state index in [1.807, 2.05) is 0 Å². The molecule has 2 aromatic heterocycles. The van der Waals surface area contributed by atoms with Crippen molar-refractivity contribution in [3.8, 4) is 11.3 Å². The van der Waals surface area contributed by atoms with Crippen LogP contribution in [0.5, 0.6) is 0 Å². The molecule has 1 N–H and O–H groups in total. The number of sulfonamides is 1. The first-order valence-electron chi connectivity index (χ1n) is 6.87. The number of rotatable bonds is 4. The fraction of sp³-hybridized carbons (Fsp3) is 0.0667. The Morgan fingerprint density at radius 1 is 1.24 bits per heavy atom. The Morgan fingerprint density at radius 2 is 2.00 bits per heavy atom. The van der Waals surface area contributed by atoms with Gasteiger partial charge in [-0.15, -0.1) is 11.3 Å². The van der Waals surface area contributed by atoms with Crippen LogP contribution in [0.25, 0.3) is 11.3 Å². The summed E-state index contributed by atoms with van der Waals surface area (Å²) in [5.74, 6) is -0.563. The summed E-state index contributed by atoms with van der Waals surface area (Å²) in [6.07, 6.45) is 0. The SMILES string of the molecule is Cn1nc(-c2csc(S(=O)(=O)Nc3ccc(F)cc3Cl)c2)ccc1=O. The number of nitrogens with one attached hydrogen (secondary N) is 1. The van der Waals surface area contributed by atoms with E-state index < -0.39 is 15.8 Å². The summed E-state index contributed by atoms with van der Waals surface area (Å²) in [6.45, 7) is 0. The third-order valence-corrected chi connectivity index (χ3v) is 6.39. The van der Waals surface area contributed by atoms with Crippen molar-refractivity contribution in [3.63, 3.8) is 0 Å². The van der Waals surface area contributed by atoms with Crippen LogP contribution in [0.4, 0.5) is 10.1 Å². The smallest absolute Gasteiger partial charge is 0.271 e. The molecule has 0 saturated heterocycles. The fourth-order valence-corrected chi connectivity index (χ4v) is 4.54. The summed E-state index contributed by atoms with van der Waals surface area (Å²) in [6, 6.07) is 7.69. The minimum absolute atomic E-state index is 0.0403. The van der Waals surface area contributed by atoms with Gasteiger partial charge < -0.3 is 0 Å². The Balaban J connectivity index is 1.92. The van der Waals surface area contributed by atoms with Crippen LogP contribution in [0.15, 0.2) is 50.8 Å². The standard InChI is InChI=1S/C15H11ClFN3O3S2/c1-20-14(21)5-4-12(18-20)9-6-15(24-8-9)25(22,23)19-13-3-2-10(17)7-11(13)16/h2-8,19H,1H3. The number of aryl methyl sites for hydroxylation is 1. The second-order valence-corrected chi connectivity index (χ2v) is 8.29. The van der Waals surface area contributed by atoms with E-state index in [-0.39, 0.29) is 20.5 Å². The van der Waals surface area contributed by atoms with E-state index >= 15 is 0 Å². The number of hydrogen-bond acceptors (Lipinski definition) is 5. The monoisotopic (exact) mass is 399 g/mol. The zero-order valence-corrected chi connectivity index (χ0v) is 15.1. The highest BCUT2D eigenvalue weighted by atomic mass is 35.5. The number of aromatic nitrogens is 2. The fourth-order valence-electron chi connectivity index (χ4n) is 2.02. The molecule has 2 heterocycles. The van der Waals surface area contributed by atoms with Gasteiger partial charge in [0, 0.05) is 24.1 Å². The van der Waals surface area contributed by atoms with Crippen LogP contribution in [0.2, 0.25) is 5.02 Å². The van der Waals surface area contributed by atoms with Crippen LogP contribution < -0.4 is 10.3 Å². The highest BCUT2D eigenvalue weighted by Crippen LogP contribution is 2.30. The maximum Gasteiger partial charge on any atom is 0.271 e. The number of benzene rings is 1. The molecule has 0 bridgehead atoms. The summed E-state index contributed by atoms with van der Waals surface area (Å²) in [4.78, 5) is 11.4. The predicted octanol–water partition coefficient (Wildman–Crippen LogP) is 3.10. The second kappa shape index (κ2) is 6.58. The topological polar surface area (TPSA) is 81.1 Å². The Bertz CT molecular complexity index is 1110. The van der Waals surface area contributed by atoms with Crippen molar-refractivity contribution in [2.75, 3.05) is 4.72 Å². The van der Waals surface area contributed by atoms with Gasteiger partial charge in [-0.3, -0.25) is 9.52 Å². The van der Waals surface area contributed by atoms with Crippen molar-refractivity contribution in [1.82, 2.24) is 9.78 Å². The molecule has 1 aromatic carbocycles.